The predicted molar refractivity (Wildman–Crippen MR) is 137 cm³/mol. The third-order valence-electron chi connectivity index (χ3n) is 7.00. The molecule has 0 saturated heterocycles. The number of aliphatic hydroxyl groups is 1. The van der Waals surface area contributed by atoms with Crippen LogP contribution in [0.1, 0.15) is 42.2 Å². The molecule has 5 rings (SSSR count). The molecule has 4 aromatic rings. The van der Waals surface area contributed by atoms with Gasteiger partial charge in [-0.25, -0.2) is 0 Å². The van der Waals surface area contributed by atoms with Crippen molar-refractivity contribution in [1.82, 2.24) is 5.32 Å². The van der Waals surface area contributed by atoms with Gasteiger partial charge in [0.05, 0.1) is 6.10 Å². The number of benzene rings is 4. The van der Waals surface area contributed by atoms with Crippen molar-refractivity contribution in [1.29, 1.82) is 0 Å². The normalized spacial score (nSPS) is 18.5. The average molecular weight is 434 g/mol. The first-order valence-corrected chi connectivity index (χ1v) is 11.9. The van der Waals surface area contributed by atoms with Crippen LogP contribution in [-0.2, 0) is 6.42 Å². The van der Waals surface area contributed by atoms with Crippen LogP contribution in [0.25, 0.3) is 22.3 Å². The molecule has 2 nitrogen and oxygen atoms in total. The van der Waals surface area contributed by atoms with Gasteiger partial charge in [-0.15, -0.1) is 0 Å². The minimum absolute atomic E-state index is 0.228. The molecule has 33 heavy (non-hydrogen) atoms. The summed E-state index contributed by atoms with van der Waals surface area (Å²) in [6, 6.07) is 36.5. The first-order valence-electron chi connectivity index (χ1n) is 11.9. The molecule has 0 radical (unpaired) electrons. The van der Waals surface area contributed by atoms with Crippen LogP contribution in [0.5, 0.6) is 0 Å². The lowest BCUT2D eigenvalue weighted by molar-refractivity contribution is 0.0915. The molecule has 3 atom stereocenters. The molecule has 0 fully saturated rings. The van der Waals surface area contributed by atoms with E-state index in [9.17, 15) is 5.11 Å². The van der Waals surface area contributed by atoms with E-state index < -0.39 is 6.10 Å². The number of nitrogens with one attached hydrogen (secondary N) is 1. The molecule has 2 N–H and O–H groups in total. The van der Waals surface area contributed by atoms with Crippen molar-refractivity contribution in [2.75, 3.05) is 6.54 Å². The van der Waals surface area contributed by atoms with Gasteiger partial charge in [-0.3, -0.25) is 0 Å². The highest BCUT2D eigenvalue weighted by Crippen LogP contribution is 2.38. The molecule has 0 aromatic heterocycles. The van der Waals surface area contributed by atoms with Gasteiger partial charge in [0.2, 0.25) is 0 Å². The number of hydrogen-bond donors (Lipinski definition) is 2. The Balaban J connectivity index is 1.34. The zero-order chi connectivity index (χ0) is 22.6. The van der Waals surface area contributed by atoms with E-state index in [2.05, 4.69) is 109 Å². The van der Waals surface area contributed by atoms with Crippen LogP contribution in [0.2, 0.25) is 0 Å². The van der Waals surface area contributed by atoms with E-state index in [1.165, 1.54) is 33.4 Å². The summed E-state index contributed by atoms with van der Waals surface area (Å²) in [6.07, 6.45) is 1.56. The van der Waals surface area contributed by atoms with E-state index >= 15 is 0 Å². The predicted octanol–water partition coefficient (Wildman–Crippen LogP) is 6.97. The summed E-state index contributed by atoms with van der Waals surface area (Å²) in [6.45, 7) is 3.00. The maximum Gasteiger partial charge on any atom is 0.0833 e. The van der Waals surface area contributed by atoms with Crippen molar-refractivity contribution in [3.8, 4) is 22.3 Å². The summed E-state index contributed by atoms with van der Waals surface area (Å²) in [5.74, 6) is 0.228. The Kier molecular flexibility index (Phi) is 6.39. The first-order chi connectivity index (χ1) is 16.2. The Labute approximate surface area is 196 Å². The molecule has 0 unspecified atom stereocenters. The van der Waals surface area contributed by atoms with Crippen LogP contribution in [-0.4, -0.2) is 11.7 Å². The molecular formula is C31H31NO. The lowest BCUT2D eigenvalue weighted by Crippen LogP contribution is -2.32. The van der Waals surface area contributed by atoms with Crippen LogP contribution in [0.4, 0.5) is 0 Å². The molecule has 0 aliphatic heterocycles. The molecule has 2 heteroatoms. The fourth-order valence-corrected chi connectivity index (χ4v) is 5.04. The van der Waals surface area contributed by atoms with Crippen LogP contribution in [0.3, 0.4) is 0 Å². The summed E-state index contributed by atoms with van der Waals surface area (Å²) in [4.78, 5) is 0. The third-order valence-corrected chi connectivity index (χ3v) is 7.00. The second kappa shape index (κ2) is 9.74. The molecule has 1 aliphatic rings. The fraction of sp³-hybridized carbons (Fsp3) is 0.226. The average Bonchev–Trinajstić information content (AvgIpc) is 2.89. The largest absolute Gasteiger partial charge is 0.388 e. The van der Waals surface area contributed by atoms with E-state index in [4.69, 9.17) is 0 Å². The van der Waals surface area contributed by atoms with E-state index in [-0.39, 0.29) is 12.0 Å². The van der Waals surface area contributed by atoms with E-state index in [0.717, 1.165) is 24.9 Å². The Morgan fingerprint density at radius 1 is 0.788 bits per heavy atom. The van der Waals surface area contributed by atoms with Gasteiger partial charge in [-0.1, -0.05) is 103 Å². The summed E-state index contributed by atoms with van der Waals surface area (Å²) in [5.41, 5.74) is 8.56. The fourth-order valence-electron chi connectivity index (χ4n) is 5.04. The maximum atomic E-state index is 11.2. The summed E-state index contributed by atoms with van der Waals surface area (Å²) >= 11 is 0. The molecule has 0 heterocycles. The third kappa shape index (κ3) is 4.64. The molecule has 0 spiro atoms. The molecule has 166 valence electrons. The van der Waals surface area contributed by atoms with Gasteiger partial charge in [-0.05, 0) is 58.7 Å². The van der Waals surface area contributed by atoms with Crippen LogP contribution >= 0.6 is 0 Å². The van der Waals surface area contributed by atoms with Gasteiger partial charge >= 0.3 is 0 Å². The van der Waals surface area contributed by atoms with E-state index in [1.807, 2.05) is 6.07 Å². The van der Waals surface area contributed by atoms with Crippen molar-refractivity contribution in [2.24, 2.45) is 5.92 Å². The topological polar surface area (TPSA) is 32.3 Å². The summed E-state index contributed by atoms with van der Waals surface area (Å²) < 4.78 is 0. The van der Waals surface area contributed by atoms with Gasteiger partial charge < -0.3 is 10.4 Å². The van der Waals surface area contributed by atoms with Gasteiger partial charge in [0.15, 0.2) is 0 Å². The van der Waals surface area contributed by atoms with Gasteiger partial charge in [-0.2, -0.15) is 0 Å². The van der Waals surface area contributed by atoms with Crippen molar-refractivity contribution in [3.63, 3.8) is 0 Å². The van der Waals surface area contributed by atoms with Crippen molar-refractivity contribution < 1.29 is 5.11 Å². The van der Waals surface area contributed by atoms with E-state index in [1.54, 1.807) is 0 Å². The molecule has 0 amide bonds. The van der Waals surface area contributed by atoms with Crippen LogP contribution in [0, 0.1) is 5.92 Å². The van der Waals surface area contributed by atoms with Gasteiger partial charge in [0, 0.05) is 18.5 Å². The summed E-state index contributed by atoms with van der Waals surface area (Å²) in [5, 5.41) is 14.8. The highest BCUT2D eigenvalue weighted by atomic mass is 16.3. The molecule has 0 saturated carbocycles. The number of fused-ring (bicyclic) bond motifs is 1. The first kappa shape index (κ1) is 21.6. The van der Waals surface area contributed by atoms with Gasteiger partial charge in [0.1, 0.15) is 0 Å². The number of aliphatic hydroxyl groups excluding tert-OH is 1. The Hall–Kier alpha value is -3.20. The maximum absolute atomic E-state index is 11.2. The van der Waals surface area contributed by atoms with E-state index in [0.29, 0.717) is 0 Å². The second-order valence-electron chi connectivity index (χ2n) is 9.11. The van der Waals surface area contributed by atoms with Crippen molar-refractivity contribution >= 4 is 0 Å². The molecule has 0 bridgehead atoms. The summed E-state index contributed by atoms with van der Waals surface area (Å²) in [7, 11) is 0. The lowest BCUT2D eigenvalue weighted by atomic mass is 9.80. The SMILES string of the molecule is C[C@H](NC[C@@H]1CCc2cc(-c3ccccc3-c3ccccc3)ccc2[C@@H]1O)c1ccccc1. The minimum Gasteiger partial charge on any atom is -0.388 e. The number of rotatable bonds is 6. The Morgan fingerprint density at radius 2 is 1.42 bits per heavy atom. The monoisotopic (exact) mass is 433 g/mol. The van der Waals surface area contributed by atoms with Crippen LogP contribution < -0.4 is 5.32 Å². The van der Waals surface area contributed by atoms with Crippen molar-refractivity contribution in [2.45, 2.75) is 31.9 Å². The van der Waals surface area contributed by atoms with Crippen molar-refractivity contribution in [3.05, 3.63) is 120 Å². The Morgan fingerprint density at radius 3 is 2.15 bits per heavy atom. The number of hydrogen-bond acceptors (Lipinski definition) is 2. The second-order valence-corrected chi connectivity index (χ2v) is 9.11. The zero-order valence-electron chi connectivity index (χ0n) is 19.1. The molecule has 4 aromatic carbocycles. The van der Waals surface area contributed by atoms with Crippen LogP contribution in [0.15, 0.2) is 103 Å². The standard InChI is InChI=1S/C31H31NO/c1-22(23-10-4-2-5-11-23)32-21-27-17-16-26-20-25(18-19-30(26)31(27)33)29-15-9-8-14-28(29)24-12-6-3-7-13-24/h2-15,18-20,22,27,31-33H,16-17,21H2,1H3/t22-,27-,31+/m0/s1. The lowest BCUT2D eigenvalue weighted by Gasteiger charge is -2.31. The minimum atomic E-state index is -0.428. The highest BCUT2D eigenvalue weighted by molar-refractivity contribution is 5.83. The zero-order valence-corrected chi connectivity index (χ0v) is 19.1. The smallest absolute Gasteiger partial charge is 0.0833 e. The highest BCUT2D eigenvalue weighted by Gasteiger charge is 2.28. The molecule has 1 aliphatic carbocycles. The Bertz CT molecular complexity index is 1200. The number of aryl methyl sites for hydroxylation is 1. The molecular weight excluding hydrogens is 402 g/mol. The quantitative estimate of drug-likeness (QED) is 0.344. The van der Waals surface area contributed by atoms with Gasteiger partial charge in [0.25, 0.3) is 0 Å².